The van der Waals surface area contributed by atoms with Crippen molar-refractivity contribution >= 4 is 40.1 Å². The lowest BCUT2D eigenvalue weighted by Crippen LogP contribution is -2.75. The summed E-state index contributed by atoms with van der Waals surface area (Å²) in [6.45, 7) is 0. The lowest BCUT2D eigenvalue weighted by molar-refractivity contribution is -0.471. The lowest BCUT2D eigenvalue weighted by atomic mass is 10.0. The fourth-order valence-corrected chi connectivity index (χ4v) is 3.16. The van der Waals surface area contributed by atoms with Crippen LogP contribution >= 0.6 is 11.6 Å². The Bertz CT molecular complexity index is 1230. The molecule has 0 saturated carbocycles. The van der Waals surface area contributed by atoms with Gasteiger partial charge in [0.15, 0.2) is 17.3 Å². The Morgan fingerprint density at radius 3 is 2.55 bits per heavy atom. The van der Waals surface area contributed by atoms with Gasteiger partial charge in [-0.25, -0.2) is 8.78 Å². The number of rotatable bonds is 5. The van der Waals surface area contributed by atoms with E-state index in [1.807, 2.05) is 24.3 Å². The van der Waals surface area contributed by atoms with E-state index in [0.717, 1.165) is 28.8 Å². The molecule has 29 heavy (non-hydrogen) atoms. The largest absolute Gasteiger partial charge is 0.355 e. The second-order valence-corrected chi connectivity index (χ2v) is 6.79. The van der Waals surface area contributed by atoms with Crippen molar-refractivity contribution in [2.45, 2.75) is 0 Å². The van der Waals surface area contributed by atoms with Gasteiger partial charge in [-0.05, 0) is 48.5 Å². The maximum absolute atomic E-state index is 14.1. The van der Waals surface area contributed by atoms with Crippen molar-refractivity contribution in [2.24, 2.45) is 0 Å². The van der Waals surface area contributed by atoms with Gasteiger partial charge in [-0.3, -0.25) is 5.32 Å². The predicted octanol–water partition coefficient (Wildman–Crippen LogP) is 5.31. The number of quaternary nitrogens is 1. The summed E-state index contributed by atoms with van der Waals surface area (Å²) in [5.74, 6) is -0.731. The van der Waals surface area contributed by atoms with Gasteiger partial charge in [0, 0.05) is 40.6 Å². The third kappa shape index (κ3) is 3.94. The third-order valence-corrected chi connectivity index (χ3v) is 4.70. The highest BCUT2D eigenvalue weighted by molar-refractivity contribution is 6.30. The molecule has 1 aromatic heterocycles. The van der Waals surface area contributed by atoms with Crippen LogP contribution in [0.5, 0.6) is 0 Å². The van der Waals surface area contributed by atoms with Crippen LogP contribution in [0.1, 0.15) is 5.56 Å². The van der Waals surface area contributed by atoms with E-state index in [1.165, 1.54) is 12.1 Å². The molecule has 0 fully saturated rings. The number of nitrogens with two attached hydrogens (primary N) is 1. The highest BCUT2D eigenvalue weighted by atomic mass is 35.5. The number of nitrogens with one attached hydrogen (secondary N) is 1. The van der Waals surface area contributed by atoms with Crippen LogP contribution in [-0.2, 0) is 0 Å². The molecular weight excluding hydrogens is 396 g/mol. The van der Waals surface area contributed by atoms with E-state index in [2.05, 4.69) is 5.16 Å². The second-order valence-electron chi connectivity index (χ2n) is 6.35. The molecule has 4 rings (SSSR count). The fourth-order valence-electron chi connectivity index (χ4n) is 3.03. The molecule has 3 N–H and O–H groups in total. The SMILES string of the molecule is N=C/C=C(\[NH2+]c1ccc(F)cc1F)c1ccc2noc(-c3ccc(Cl)cc3)c2c1. The first-order chi connectivity index (χ1) is 14.0. The summed E-state index contributed by atoms with van der Waals surface area (Å²) in [6.07, 6.45) is 2.66. The highest BCUT2D eigenvalue weighted by Gasteiger charge is 2.16. The van der Waals surface area contributed by atoms with E-state index in [9.17, 15) is 8.78 Å². The van der Waals surface area contributed by atoms with Crippen molar-refractivity contribution in [1.82, 2.24) is 5.16 Å². The molecule has 4 aromatic rings. The van der Waals surface area contributed by atoms with Gasteiger partial charge >= 0.3 is 0 Å². The summed E-state index contributed by atoms with van der Waals surface area (Å²) in [6, 6.07) is 16.1. The Morgan fingerprint density at radius 1 is 1.03 bits per heavy atom. The average Bonchev–Trinajstić information content (AvgIpc) is 3.13. The van der Waals surface area contributed by atoms with Gasteiger partial charge in [-0.2, -0.15) is 0 Å². The van der Waals surface area contributed by atoms with Gasteiger partial charge in [0.05, 0.1) is 5.39 Å². The minimum atomic E-state index is -0.672. The van der Waals surface area contributed by atoms with Gasteiger partial charge in [-0.1, -0.05) is 16.8 Å². The van der Waals surface area contributed by atoms with Crippen LogP contribution in [0, 0.1) is 17.0 Å². The number of halogens is 3. The Morgan fingerprint density at radius 2 is 1.83 bits per heavy atom. The highest BCUT2D eigenvalue weighted by Crippen LogP contribution is 2.31. The number of allylic oxidation sites excluding steroid dienone is 1. The van der Waals surface area contributed by atoms with Gasteiger partial charge in [0.2, 0.25) is 0 Å². The topological polar surface area (TPSA) is 66.5 Å². The monoisotopic (exact) mass is 410 g/mol. The zero-order valence-corrected chi connectivity index (χ0v) is 15.8. The number of hydrogen-bond donors (Lipinski definition) is 2. The van der Waals surface area contributed by atoms with Crippen LogP contribution in [-0.4, -0.2) is 11.4 Å². The molecule has 3 aromatic carbocycles. The van der Waals surface area contributed by atoms with Crippen LogP contribution in [0.4, 0.5) is 14.5 Å². The van der Waals surface area contributed by atoms with Crippen molar-refractivity contribution in [3.8, 4) is 11.3 Å². The average molecular weight is 411 g/mol. The third-order valence-electron chi connectivity index (χ3n) is 4.45. The normalized spacial score (nSPS) is 11.8. The number of fused-ring (bicyclic) bond motifs is 1. The molecule has 0 saturated heterocycles. The van der Waals surface area contributed by atoms with Crippen LogP contribution in [0.15, 0.2) is 71.3 Å². The Hall–Kier alpha value is -3.35. The summed E-state index contributed by atoms with van der Waals surface area (Å²) in [5.41, 5.74) is 3.04. The van der Waals surface area contributed by atoms with Crippen LogP contribution < -0.4 is 5.32 Å². The van der Waals surface area contributed by atoms with Crippen LogP contribution in [0.3, 0.4) is 0 Å². The minimum Gasteiger partial charge on any atom is -0.355 e. The van der Waals surface area contributed by atoms with Crippen LogP contribution in [0.25, 0.3) is 27.9 Å². The molecule has 0 spiro atoms. The Balaban J connectivity index is 1.76. The summed E-state index contributed by atoms with van der Waals surface area (Å²) in [7, 11) is 0. The number of benzene rings is 3. The molecule has 0 unspecified atom stereocenters. The van der Waals surface area contributed by atoms with Crippen molar-refractivity contribution in [3.63, 3.8) is 0 Å². The molecule has 4 nitrogen and oxygen atoms in total. The van der Waals surface area contributed by atoms with Gasteiger partial charge in [-0.15, -0.1) is 0 Å². The smallest absolute Gasteiger partial charge is 0.187 e. The molecule has 144 valence electrons. The maximum atomic E-state index is 14.1. The summed E-state index contributed by atoms with van der Waals surface area (Å²) < 4.78 is 32.8. The van der Waals surface area contributed by atoms with E-state index in [4.69, 9.17) is 21.5 Å². The van der Waals surface area contributed by atoms with Crippen molar-refractivity contribution in [1.29, 1.82) is 5.41 Å². The molecule has 0 aliphatic rings. The van der Waals surface area contributed by atoms with E-state index in [1.54, 1.807) is 29.6 Å². The van der Waals surface area contributed by atoms with E-state index in [0.29, 0.717) is 22.0 Å². The van der Waals surface area contributed by atoms with Crippen molar-refractivity contribution < 1.29 is 18.6 Å². The summed E-state index contributed by atoms with van der Waals surface area (Å²) in [4.78, 5) is 0. The molecule has 7 heteroatoms. The number of nitrogens with zero attached hydrogens (tertiary/aromatic N) is 1. The standard InChI is InChI=1S/C22H14ClF2N3O/c23-15-4-1-13(2-5-15)22-17-11-14(3-7-20(17)28-29-22)19(9-10-26)27-21-8-6-16(24)12-18(21)25/h1-12,26-27H/p+1/b19-9-,26-10?. The number of aromatic nitrogens is 1. The van der Waals surface area contributed by atoms with Crippen LogP contribution in [0.2, 0.25) is 5.02 Å². The maximum Gasteiger partial charge on any atom is 0.187 e. The van der Waals surface area contributed by atoms with E-state index < -0.39 is 11.6 Å². The molecular formula is C22H15ClF2N3O+. The first-order valence-electron chi connectivity index (χ1n) is 8.71. The predicted molar refractivity (Wildman–Crippen MR) is 109 cm³/mol. The minimum absolute atomic E-state index is 0.225. The fraction of sp³-hybridized carbons (Fsp3) is 0. The zero-order valence-electron chi connectivity index (χ0n) is 15.0. The first kappa shape index (κ1) is 19.0. The molecule has 0 atom stereocenters. The molecule has 1 heterocycles. The Kier molecular flexibility index (Phi) is 5.20. The molecule has 0 bridgehead atoms. The van der Waals surface area contributed by atoms with Gasteiger partial charge in [0.1, 0.15) is 17.0 Å². The summed E-state index contributed by atoms with van der Waals surface area (Å²) >= 11 is 5.96. The molecule has 0 aliphatic carbocycles. The van der Waals surface area contributed by atoms with Gasteiger partial charge < -0.3 is 9.93 Å². The lowest BCUT2D eigenvalue weighted by Gasteiger charge is -2.07. The van der Waals surface area contributed by atoms with Gasteiger partial charge in [0.25, 0.3) is 0 Å². The van der Waals surface area contributed by atoms with E-state index >= 15 is 0 Å². The Labute approximate surface area is 169 Å². The number of hydrogen-bond acceptors (Lipinski definition) is 3. The quantitative estimate of drug-likeness (QED) is 0.346. The second kappa shape index (κ2) is 7.95. The van der Waals surface area contributed by atoms with Crippen molar-refractivity contribution in [3.05, 3.63) is 89.0 Å². The van der Waals surface area contributed by atoms with Crippen molar-refractivity contribution in [2.75, 3.05) is 0 Å². The van der Waals surface area contributed by atoms with E-state index in [-0.39, 0.29) is 5.69 Å². The zero-order chi connectivity index (χ0) is 20.4. The summed E-state index contributed by atoms with van der Waals surface area (Å²) in [5, 5.41) is 14.5. The molecule has 0 radical (unpaired) electrons. The molecule has 0 amide bonds. The first-order valence-corrected chi connectivity index (χ1v) is 9.09. The molecule has 0 aliphatic heterocycles.